The van der Waals surface area contributed by atoms with E-state index >= 15 is 0 Å². The topological polar surface area (TPSA) is 12.5 Å². The number of rotatable bonds is 5. The molecule has 3 aromatic rings. The van der Waals surface area contributed by atoms with E-state index in [9.17, 15) is 0 Å². The van der Waals surface area contributed by atoms with E-state index in [1.54, 1.807) is 7.11 Å². The predicted octanol–water partition coefficient (Wildman–Crippen LogP) is 9.09. The van der Waals surface area contributed by atoms with Gasteiger partial charge in [0.25, 0.3) is 0 Å². The minimum Gasteiger partial charge on any atom is -0.497 e. The van der Waals surface area contributed by atoms with Crippen LogP contribution in [-0.2, 0) is 10.8 Å². The highest BCUT2D eigenvalue weighted by Gasteiger charge is 2.47. The van der Waals surface area contributed by atoms with Crippen LogP contribution in [0.3, 0.4) is 0 Å². The van der Waals surface area contributed by atoms with E-state index in [-0.39, 0.29) is 10.8 Å². The lowest BCUT2D eigenvalue weighted by Gasteiger charge is -2.36. The average molecular weight is 492 g/mol. The molecule has 1 aliphatic carbocycles. The maximum absolute atomic E-state index is 5.69. The van der Waals surface area contributed by atoms with Crippen LogP contribution in [0.1, 0.15) is 68.2 Å². The van der Waals surface area contributed by atoms with Gasteiger partial charge < -0.3 is 9.64 Å². The Bertz CT molecular complexity index is 1410. The van der Waals surface area contributed by atoms with Gasteiger partial charge in [0.1, 0.15) is 5.75 Å². The number of fused-ring (bicyclic) bond motifs is 3. The number of anilines is 1. The molecular weight excluding hydrogens is 450 g/mol. The van der Waals surface area contributed by atoms with E-state index in [1.807, 2.05) is 0 Å². The zero-order valence-electron chi connectivity index (χ0n) is 23.4. The molecule has 0 unspecified atom stereocenters. The third kappa shape index (κ3) is 4.11. The van der Waals surface area contributed by atoms with E-state index in [0.29, 0.717) is 0 Å². The summed E-state index contributed by atoms with van der Waals surface area (Å²) in [5.41, 5.74) is 9.17. The van der Waals surface area contributed by atoms with Crippen LogP contribution in [0.15, 0.2) is 84.6 Å². The lowest BCUT2D eigenvalue weighted by atomic mass is 9.68. The first-order chi connectivity index (χ1) is 17.7. The molecule has 2 aliphatic rings. The lowest BCUT2D eigenvalue weighted by molar-refractivity contribution is 0.344. The number of ether oxygens (including phenoxy) is 1. The van der Waals surface area contributed by atoms with Crippen molar-refractivity contribution < 1.29 is 4.74 Å². The second-order valence-corrected chi connectivity index (χ2v) is 11.6. The summed E-state index contributed by atoms with van der Waals surface area (Å²) in [6, 6.07) is 17.6. The number of hydrogen-bond acceptors (Lipinski definition) is 2. The molecule has 1 heterocycles. The number of hydrogen-bond donors (Lipinski definition) is 0. The zero-order chi connectivity index (χ0) is 26.4. The van der Waals surface area contributed by atoms with Crippen molar-refractivity contribution >= 4 is 16.5 Å². The molecule has 0 saturated heterocycles. The Hall–Kier alpha value is -3.26. The first kappa shape index (κ1) is 25.4. The Morgan fingerprint density at radius 1 is 1.00 bits per heavy atom. The molecule has 192 valence electrons. The number of nitrogens with zero attached hydrogens (tertiary/aromatic N) is 1. The van der Waals surface area contributed by atoms with Gasteiger partial charge in [0, 0.05) is 29.3 Å². The van der Waals surface area contributed by atoms with Crippen LogP contribution in [0.25, 0.3) is 10.8 Å². The Kier molecular flexibility index (Phi) is 6.56. The van der Waals surface area contributed by atoms with Crippen LogP contribution in [0.4, 0.5) is 5.69 Å². The SMILES string of the molecule is C=C(/C=C/C=C1/N(C)c2c(C)cc(OC)cc2C12CCCCC2)C(C)(C)c1c(C)ccc2ccccc12. The quantitative estimate of drug-likeness (QED) is 0.330. The third-order valence-electron chi connectivity index (χ3n) is 9.04. The largest absolute Gasteiger partial charge is 0.497 e. The standard InChI is InChI=1S/C35H41NO/c1-24-18-19-27-15-9-10-16-29(27)32(24)34(4,5)26(3)14-13-17-31-35(20-11-8-12-21-35)30-23-28(37-7)22-25(2)33(30)36(31)6/h9-10,13-19,22-23H,3,8,11-12,20-21H2,1-2,4-7H3/b14-13+,31-17+. The summed E-state index contributed by atoms with van der Waals surface area (Å²) < 4.78 is 5.69. The van der Waals surface area contributed by atoms with Crippen LogP contribution in [0, 0.1) is 13.8 Å². The summed E-state index contributed by atoms with van der Waals surface area (Å²) >= 11 is 0. The predicted molar refractivity (Wildman–Crippen MR) is 159 cm³/mol. The summed E-state index contributed by atoms with van der Waals surface area (Å²) in [5.74, 6) is 0.965. The molecule has 0 amide bonds. The molecule has 1 saturated carbocycles. The van der Waals surface area contributed by atoms with E-state index in [4.69, 9.17) is 4.74 Å². The number of methoxy groups -OCH3 is 1. The van der Waals surface area contributed by atoms with E-state index in [2.05, 4.69) is 113 Å². The molecule has 0 bridgehead atoms. The molecule has 37 heavy (non-hydrogen) atoms. The van der Waals surface area contributed by atoms with Crippen molar-refractivity contribution in [1.82, 2.24) is 0 Å². The molecule has 3 aromatic carbocycles. The van der Waals surface area contributed by atoms with Crippen molar-refractivity contribution in [2.75, 3.05) is 19.1 Å². The monoisotopic (exact) mass is 491 g/mol. The van der Waals surface area contributed by atoms with Gasteiger partial charge in [0.2, 0.25) is 0 Å². The van der Waals surface area contributed by atoms with Crippen molar-refractivity contribution in [2.45, 2.75) is 70.6 Å². The highest BCUT2D eigenvalue weighted by molar-refractivity contribution is 5.88. The van der Waals surface area contributed by atoms with E-state index < -0.39 is 0 Å². The molecule has 1 aliphatic heterocycles. The van der Waals surface area contributed by atoms with Gasteiger partial charge in [-0.25, -0.2) is 0 Å². The Morgan fingerprint density at radius 3 is 2.46 bits per heavy atom. The molecule has 2 heteroatoms. The molecule has 2 nitrogen and oxygen atoms in total. The van der Waals surface area contributed by atoms with Crippen molar-refractivity contribution in [2.24, 2.45) is 0 Å². The molecule has 0 N–H and O–H groups in total. The Balaban J connectivity index is 1.53. The number of aryl methyl sites for hydroxylation is 2. The van der Waals surface area contributed by atoms with Gasteiger partial charge in [-0.15, -0.1) is 0 Å². The summed E-state index contributed by atoms with van der Waals surface area (Å²) in [6.45, 7) is 13.6. The molecule has 0 aromatic heterocycles. The summed E-state index contributed by atoms with van der Waals surface area (Å²) in [6.07, 6.45) is 13.1. The Labute approximate surface area is 223 Å². The summed E-state index contributed by atoms with van der Waals surface area (Å²) in [7, 11) is 4.01. The maximum atomic E-state index is 5.69. The normalized spacial score (nSPS) is 18.2. The van der Waals surface area contributed by atoms with Crippen LogP contribution in [0.5, 0.6) is 5.75 Å². The van der Waals surface area contributed by atoms with Gasteiger partial charge in [-0.05, 0) is 83.5 Å². The van der Waals surface area contributed by atoms with Gasteiger partial charge in [-0.2, -0.15) is 0 Å². The van der Waals surface area contributed by atoms with Gasteiger partial charge in [-0.3, -0.25) is 0 Å². The van der Waals surface area contributed by atoms with Gasteiger partial charge >= 0.3 is 0 Å². The fourth-order valence-electron chi connectivity index (χ4n) is 7.04. The van der Waals surface area contributed by atoms with Crippen molar-refractivity contribution in [3.63, 3.8) is 0 Å². The van der Waals surface area contributed by atoms with Crippen LogP contribution >= 0.6 is 0 Å². The molecule has 0 atom stereocenters. The van der Waals surface area contributed by atoms with Crippen molar-refractivity contribution in [3.8, 4) is 5.75 Å². The minimum atomic E-state index is -0.184. The number of likely N-dealkylation sites (N-methyl/N-ethyl adjacent to an activating group) is 1. The first-order valence-corrected chi connectivity index (χ1v) is 13.7. The second-order valence-electron chi connectivity index (χ2n) is 11.6. The van der Waals surface area contributed by atoms with Crippen LogP contribution in [0.2, 0.25) is 0 Å². The maximum Gasteiger partial charge on any atom is 0.119 e. The summed E-state index contributed by atoms with van der Waals surface area (Å²) in [4.78, 5) is 2.43. The smallest absolute Gasteiger partial charge is 0.119 e. The van der Waals surface area contributed by atoms with E-state index in [1.165, 1.54) is 76.5 Å². The van der Waals surface area contributed by atoms with Gasteiger partial charge in [0.15, 0.2) is 0 Å². The van der Waals surface area contributed by atoms with E-state index in [0.717, 1.165) is 11.3 Å². The van der Waals surface area contributed by atoms with Gasteiger partial charge in [0.05, 0.1) is 7.11 Å². The molecule has 0 radical (unpaired) electrons. The first-order valence-electron chi connectivity index (χ1n) is 13.7. The second kappa shape index (κ2) is 9.56. The van der Waals surface area contributed by atoms with Crippen molar-refractivity contribution in [1.29, 1.82) is 0 Å². The van der Waals surface area contributed by atoms with Crippen LogP contribution < -0.4 is 9.64 Å². The molecule has 1 fully saturated rings. The highest BCUT2D eigenvalue weighted by atomic mass is 16.5. The Morgan fingerprint density at radius 2 is 1.73 bits per heavy atom. The van der Waals surface area contributed by atoms with Crippen molar-refractivity contribution in [3.05, 3.63) is 107 Å². The average Bonchev–Trinajstić information content (AvgIpc) is 3.11. The number of benzene rings is 3. The van der Waals surface area contributed by atoms with Gasteiger partial charge in [-0.1, -0.05) is 88.2 Å². The molecule has 1 spiro atoms. The molecule has 5 rings (SSSR count). The van der Waals surface area contributed by atoms with Crippen LogP contribution in [-0.4, -0.2) is 14.2 Å². The lowest BCUT2D eigenvalue weighted by Crippen LogP contribution is -2.31. The fraction of sp³-hybridized carbons (Fsp3) is 0.371. The summed E-state index contributed by atoms with van der Waals surface area (Å²) in [5, 5.41) is 2.60. The minimum absolute atomic E-state index is 0.0645. The fourth-order valence-corrected chi connectivity index (χ4v) is 7.04. The third-order valence-corrected chi connectivity index (χ3v) is 9.04. The number of allylic oxidation sites excluding steroid dienone is 5. The highest BCUT2D eigenvalue weighted by Crippen LogP contribution is 2.56. The zero-order valence-corrected chi connectivity index (χ0v) is 23.4. The molecular formula is C35H41NO.